The molecule has 2 amide bonds. The summed E-state index contributed by atoms with van der Waals surface area (Å²) in [5.74, 6) is 5.25. The standard InChI is InChI=1S/C11H15N5O2/c1-7-11(18)14-10(17)6-16(7)5-8-2-3-9(15-12)13-4-8/h2-4,7H,5-6,12H2,1H3,(H,13,15)(H,14,17,18). The molecule has 7 nitrogen and oxygen atoms in total. The first-order valence-corrected chi connectivity index (χ1v) is 5.59. The highest BCUT2D eigenvalue weighted by Crippen LogP contribution is 2.11. The summed E-state index contributed by atoms with van der Waals surface area (Å²) in [6.45, 7) is 2.48. The highest BCUT2D eigenvalue weighted by molar-refractivity contribution is 6.00. The van der Waals surface area contributed by atoms with Crippen molar-refractivity contribution in [3.05, 3.63) is 23.9 Å². The van der Waals surface area contributed by atoms with Crippen molar-refractivity contribution < 1.29 is 9.59 Å². The zero-order valence-electron chi connectivity index (χ0n) is 10.0. The Morgan fingerprint density at radius 2 is 2.33 bits per heavy atom. The van der Waals surface area contributed by atoms with Gasteiger partial charge in [0.1, 0.15) is 5.82 Å². The quantitative estimate of drug-likeness (QED) is 0.369. The number of hydrogen-bond donors (Lipinski definition) is 3. The van der Waals surface area contributed by atoms with Gasteiger partial charge in [-0.05, 0) is 18.6 Å². The van der Waals surface area contributed by atoms with Crippen LogP contribution in [-0.4, -0.2) is 34.3 Å². The SMILES string of the molecule is CC1C(=O)NC(=O)CN1Cc1ccc(NN)nc1. The maximum Gasteiger partial charge on any atom is 0.243 e. The molecule has 2 heterocycles. The van der Waals surface area contributed by atoms with E-state index in [1.807, 2.05) is 6.07 Å². The Bertz CT molecular complexity index is 459. The van der Waals surface area contributed by atoms with E-state index in [1.165, 1.54) is 0 Å². The summed E-state index contributed by atoms with van der Waals surface area (Å²) in [4.78, 5) is 28.7. The molecule has 0 spiro atoms. The van der Waals surface area contributed by atoms with E-state index in [1.54, 1.807) is 24.1 Å². The first-order chi connectivity index (χ1) is 8.60. The summed E-state index contributed by atoms with van der Waals surface area (Å²) in [6, 6.07) is 3.27. The second-order valence-electron chi connectivity index (χ2n) is 4.19. The number of hydrazine groups is 1. The molecule has 0 saturated carbocycles. The normalized spacial score (nSPS) is 20.7. The van der Waals surface area contributed by atoms with E-state index in [2.05, 4.69) is 15.7 Å². The lowest BCUT2D eigenvalue weighted by Gasteiger charge is -2.31. The molecule has 7 heteroatoms. The lowest BCUT2D eigenvalue weighted by molar-refractivity contribution is -0.139. The van der Waals surface area contributed by atoms with Crippen molar-refractivity contribution in [1.29, 1.82) is 0 Å². The van der Waals surface area contributed by atoms with Crippen molar-refractivity contribution in [3.8, 4) is 0 Å². The minimum absolute atomic E-state index is 0.212. The predicted octanol–water partition coefficient (Wildman–Crippen LogP) is -0.786. The summed E-state index contributed by atoms with van der Waals surface area (Å²) < 4.78 is 0. The van der Waals surface area contributed by atoms with Crippen LogP contribution in [0, 0.1) is 0 Å². The highest BCUT2D eigenvalue weighted by Gasteiger charge is 2.29. The zero-order valence-corrected chi connectivity index (χ0v) is 10.0. The summed E-state index contributed by atoms with van der Waals surface area (Å²) in [7, 11) is 0. The van der Waals surface area contributed by atoms with Crippen LogP contribution in [0.1, 0.15) is 12.5 Å². The molecule has 0 radical (unpaired) electrons. The van der Waals surface area contributed by atoms with Crippen molar-refractivity contribution in [1.82, 2.24) is 15.2 Å². The predicted molar refractivity (Wildman–Crippen MR) is 65.1 cm³/mol. The Balaban J connectivity index is 2.07. The third-order valence-electron chi connectivity index (χ3n) is 2.89. The number of rotatable bonds is 3. The van der Waals surface area contributed by atoms with E-state index >= 15 is 0 Å². The molecule has 96 valence electrons. The molecule has 1 aliphatic heterocycles. The highest BCUT2D eigenvalue weighted by atomic mass is 16.2. The van der Waals surface area contributed by atoms with Crippen LogP contribution in [0.25, 0.3) is 0 Å². The van der Waals surface area contributed by atoms with E-state index < -0.39 is 0 Å². The molecule has 1 saturated heterocycles. The first-order valence-electron chi connectivity index (χ1n) is 5.59. The number of hydrogen-bond acceptors (Lipinski definition) is 6. The number of nitrogen functional groups attached to an aromatic ring is 1. The number of piperazine rings is 1. The Hall–Kier alpha value is -1.99. The minimum Gasteiger partial charge on any atom is -0.308 e. The van der Waals surface area contributed by atoms with E-state index in [0.717, 1.165) is 5.56 Å². The van der Waals surface area contributed by atoms with Crippen molar-refractivity contribution in [3.63, 3.8) is 0 Å². The van der Waals surface area contributed by atoms with Crippen LogP contribution >= 0.6 is 0 Å². The number of aromatic nitrogens is 1. The van der Waals surface area contributed by atoms with Gasteiger partial charge < -0.3 is 5.43 Å². The van der Waals surface area contributed by atoms with E-state index in [-0.39, 0.29) is 24.4 Å². The number of carbonyl (C=O) groups excluding carboxylic acids is 2. The Kier molecular flexibility index (Phi) is 3.54. The largest absolute Gasteiger partial charge is 0.308 e. The first kappa shape index (κ1) is 12.5. The van der Waals surface area contributed by atoms with Gasteiger partial charge in [0.2, 0.25) is 11.8 Å². The molecule has 4 N–H and O–H groups in total. The molecule has 1 aliphatic rings. The van der Waals surface area contributed by atoms with Gasteiger partial charge in [0, 0.05) is 12.7 Å². The second-order valence-corrected chi connectivity index (χ2v) is 4.19. The van der Waals surface area contributed by atoms with Crippen LogP contribution in [0.2, 0.25) is 0 Å². The van der Waals surface area contributed by atoms with Crippen LogP contribution < -0.4 is 16.6 Å². The maximum atomic E-state index is 11.5. The van der Waals surface area contributed by atoms with Gasteiger partial charge >= 0.3 is 0 Å². The van der Waals surface area contributed by atoms with Crippen molar-refractivity contribution in [2.75, 3.05) is 12.0 Å². The van der Waals surface area contributed by atoms with Crippen molar-refractivity contribution >= 4 is 17.6 Å². The molecule has 18 heavy (non-hydrogen) atoms. The van der Waals surface area contributed by atoms with Gasteiger partial charge in [0.25, 0.3) is 0 Å². The van der Waals surface area contributed by atoms with Gasteiger partial charge in [-0.2, -0.15) is 0 Å². The van der Waals surface area contributed by atoms with Gasteiger partial charge in [0.05, 0.1) is 12.6 Å². The average Bonchev–Trinajstić information content (AvgIpc) is 2.36. The third-order valence-corrected chi connectivity index (χ3v) is 2.89. The maximum absolute atomic E-state index is 11.5. The Morgan fingerprint density at radius 3 is 2.94 bits per heavy atom. The fourth-order valence-corrected chi connectivity index (χ4v) is 1.80. The number of amides is 2. The summed E-state index contributed by atoms with van der Waals surface area (Å²) in [6.07, 6.45) is 1.67. The molecule has 2 rings (SSSR count). The molecule has 1 atom stereocenters. The average molecular weight is 249 g/mol. The molecule has 1 unspecified atom stereocenters. The summed E-state index contributed by atoms with van der Waals surface area (Å²) in [5.41, 5.74) is 3.36. The van der Waals surface area contributed by atoms with Crippen LogP contribution in [0.3, 0.4) is 0 Å². The van der Waals surface area contributed by atoms with E-state index in [4.69, 9.17) is 5.84 Å². The van der Waals surface area contributed by atoms with Crippen LogP contribution in [0.5, 0.6) is 0 Å². The zero-order chi connectivity index (χ0) is 13.1. The lowest BCUT2D eigenvalue weighted by Crippen LogP contribution is -2.56. The lowest BCUT2D eigenvalue weighted by atomic mass is 10.1. The molecule has 0 aromatic carbocycles. The monoisotopic (exact) mass is 249 g/mol. The molecule has 1 aromatic rings. The van der Waals surface area contributed by atoms with Gasteiger partial charge in [0.15, 0.2) is 0 Å². The summed E-state index contributed by atoms with van der Waals surface area (Å²) in [5, 5.41) is 2.30. The summed E-state index contributed by atoms with van der Waals surface area (Å²) >= 11 is 0. The molecular formula is C11H15N5O2. The fraction of sp³-hybridized carbons (Fsp3) is 0.364. The molecule has 0 bridgehead atoms. The Labute approximate surface area is 104 Å². The number of anilines is 1. The van der Waals surface area contributed by atoms with Crippen molar-refractivity contribution in [2.24, 2.45) is 5.84 Å². The third kappa shape index (κ3) is 2.63. The number of nitrogens with one attached hydrogen (secondary N) is 2. The molecular weight excluding hydrogens is 234 g/mol. The Morgan fingerprint density at radius 1 is 1.56 bits per heavy atom. The topological polar surface area (TPSA) is 100 Å². The smallest absolute Gasteiger partial charge is 0.243 e. The molecule has 1 aromatic heterocycles. The van der Waals surface area contributed by atoms with Gasteiger partial charge in [-0.1, -0.05) is 6.07 Å². The van der Waals surface area contributed by atoms with Gasteiger partial charge in [-0.15, -0.1) is 0 Å². The van der Waals surface area contributed by atoms with Gasteiger partial charge in [-0.3, -0.25) is 19.8 Å². The van der Waals surface area contributed by atoms with E-state index in [9.17, 15) is 9.59 Å². The minimum atomic E-state index is -0.324. The number of nitrogens with zero attached hydrogens (tertiary/aromatic N) is 2. The van der Waals surface area contributed by atoms with Crippen LogP contribution in [0.4, 0.5) is 5.82 Å². The molecule has 1 fully saturated rings. The number of nitrogens with two attached hydrogens (primary N) is 1. The van der Waals surface area contributed by atoms with Crippen LogP contribution in [-0.2, 0) is 16.1 Å². The van der Waals surface area contributed by atoms with Crippen molar-refractivity contribution in [2.45, 2.75) is 19.5 Å². The number of imide groups is 1. The number of carbonyl (C=O) groups is 2. The fourth-order valence-electron chi connectivity index (χ4n) is 1.80. The number of pyridine rings is 1. The van der Waals surface area contributed by atoms with Gasteiger partial charge in [-0.25, -0.2) is 10.8 Å². The second kappa shape index (κ2) is 5.11. The molecule has 0 aliphatic carbocycles. The van der Waals surface area contributed by atoms with Crippen LogP contribution in [0.15, 0.2) is 18.3 Å². The van der Waals surface area contributed by atoms with E-state index in [0.29, 0.717) is 12.4 Å².